The molecule has 54 valence electrons. The minimum atomic E-state index is 0.222. The monoisotopic (exact) mass is 209 g/mol. The van der Waals surface area contributed by atoms with Crippen LogP contribution in [0, 0.1) is 0 Å². The molecular weight excluding hydrogens is 204 g/mol. The molecule has 0 atom stereocenters. The van der Waals surface area contributed by atoms with Crippen LogP contribution in [-0.4, -0.2) is 10.2 Å². The predicted molar refractivity (Wildman–Crippen MR) is 47.2 cm³/mol. The molecule has 0 amide bonds. The molecule has 1 aromatic heterocycles. The van der Waals surface area contributed by atoms with Gasteiger partial charge in [-0.1, -0.05) is 22.0 Å². The molecule has 0 saturated carbocycles. The summed E-state index contributed by atoms with van der Waals surface area (Å²) in [5.74, 6) is 0. The fourth-order valence-corrected chi connectivity index (χ4v) is 1.29. The van der Waals surface area contributed by atoms with Crippen LogP contribution in [0.15, 0.2) is 35.0 Å². The minimum Gasteiger partial charge on any atom is -0.158 e. The maximum absolute atomic E-state index is 7.45. The van der Waals surface area contributed by atoms with Crippen molar-refractivity contribution in [2.24, 2.45) is 0 Å². The van der Waals surface area contributed by atoms with Crippen molar-refractivity contribution >= 4 is 26.7 Å². The van der Waals surface area contributed by atoms with Gasteiger partial charge in [-0.2, -0.15) is 10.2 Å². The Kier molecular flexibility index (Phi) is 1.33. The van der Waals surface area contributed by atoms with E-state index in [1.54, 1.807) is 6.20 Å². The van der Waals surface area contributed by atoms with Gasteiger partial charge < -0.3 is 0 Å². The Balaban J connectivity index is 2.86. The molecule has 0 aliphatic heterocycles. The number of hydrogen-bond donors (Lipinski definition) is 0. The van der Waals surface area contributed by atoms with Crippen LogP contribution in [0.2, 0.25) is 0 Å². The van der Waals surface area contributed by atoms with Gasteiger partial charge in [0.1, 0.15) is 0 Å². The van der Waals surface area contributed by atoms with Crippen molar-refractivity contribution in [3.8, 4) is 0 Å². The van der Waals surface area contributed by atoms with Crippen molar-refractivity contribution in [2.75, 3.05) is 0 Å². The highest BCUT2D eigenvalue weighted by molar-refractivity contribution is 9.10. The number of hydrogen-bond acceptors (Lipinski definition) is 2. The highest BCUT2D eigenvalue weighted by Gasteiger charge is 1.92. The van der Waals surface area contributed by atoms with E-state index in [1.807, 2.05) is 18.2 Å². The second-order valence-electron chi connectivity index (χ2n) is 2.19. The molecule has 0 aliphatic rings. The standard InChI is InChI=1S/C8H5BrN2/c9-8-2-1-6-4-10-11-5-7(6)3-8/h1-5H/i4D. The van der Waals surface area contributed by atoms with Gasteiger partial charge in [-0.05, 0) is 12.1 Å². The first-order valence-corrected chi connectivity index (χ1v) is 3.94. The molecule has 0 unspecified atom stereocenters. The molecule has 1 aromatic carbocycles. The number of nitrogens with zero attached hydrogens (tertiary/aromatic N) is 2. The number of rotatable bonds is 0. The number of benzene rings is 1. The molecule has 2 nitrogen and oxygen atoms in total. The lowest BCUT2D eigenvalue weighted by molar-refractivity contribution is 1.05. The third-order valence-corrected chi connectivity index (χ3v) is 1.93. The third-order valence-electron chi connectivity index (χ3n) is 1.44. The maximum Gasteiger partial charge on any atom is 0.0867 e. The average Bonchev–Trinajstić information content (AvgIpc) is 2.04. The lowest BCUT2D eigenvalue weighted by Crippen LogP contribution is -1.79. The van der Waals surface area contributed by atoms with Gasteiger partial charge in [-0.3, -0.25) is 0 Å². The van der Waals surface area contributed by atoms with Crippen LogP contribution in [0.4, 0.5) is 0 Å². The number of aromatic nitrogens is 2. The summed E-state index contributed by atoms with van der Waals surface area (Å²) < 4.78 is 8.43. The summed E-state index contributed by atoms with van der Waals surface area (Å²) in [5.41, 5.74) is 0. The fourth-order valence-electron chi connectivity index (χ4n) is 0.916. The summed E-state index contributed by atoms with van der Waals surface area (Å²) in [6.45, 7) is 0. The minimum absolute atomic E-state index is 0.222. The first-order valence-electron chi connectivity index (χ1n) is 3.65. The fraction of sp³-hybridized carbons (Fsp3) is 0. The summed E-state index contributed by atoms with van der Waals surface area (Å²) in [6.07, 6.45) is 1.87. The number of fused-ring (bicyclic) bond motifs is 1. The second kappa shape index (κ2) is 2.58. The van der Waals surface area contributed by atoms with Gasteiger partial charge >= 0.3 is 0 Å². The zero-order valence-corrected chi connectivity index (χ0v) is 7.17. The average molecular weight is 210 g/mol. The predicted octanol–water partition coefficient (Wildman–Crippen LogP) is 2.39. The molecule has 3 heteroatoms. The normalized spacial score (nSPS) is 11.5. The molecule has 0 N–H and O–H groups in total. The van der Waals surface area contributed by atoms with E-state index >= 15 is 0 Å². The Morgan fingerprint density at radius 2 is 2.18 bits per heavy atom. The molecule has 0 bridgehead atoms. The molecule has 0 radical (unpaired) electrons. The van der Waals surface area contributed by atoms with Gasteiger partial charge in [-0.25, -0.2) is 0 Å². The van der Waals surface area contributed by atoms with Crippen molar-refractivity contribution in [1.82, 2.24) is 10.2 Å². The topological polar surface area (TPSA) is 25.8 Å². The Hall–Kier alpha value is -0.960. The Bertz CT molecular complexity index is 430. The van der Waals surface area contributed by atoms with Gasteiger partial charge in [0.15, 0.2) is 0 Å². The molecule has 0 aliphatic carbocycles. The largest absolute Gasteiger partial charge is 0.158 e. The Labute approximate surface area is 73.8 Å². The van der Waals surface area contributed by atoms with Gasteiger partial charge in [0.05, 0.1) is 13.7 Å². The molecular formula is C8H5BrN2. The lowest BCUT2D eigenvalue weighted by atomic mass is 10.2. The Morgan fingerprint density at radius 1 is 1.27 bits per heavy atom. The lowest BCUT2D eigenvalue weighted by Gasteiger charge is -1.94. The molecule has 0 fully saturated rings. The molecule has 2 rings (SSSR count). The van der Waals surface area contributed by atoms with Gasteiger partial charge in [-0.15, -0.1) is 0 Å². The van der Waals surface area contributed by atoms with E-state index < -0.39 is 0 Å². The van der Waals surface area contributed by atoms with Gasteiger partial charge in [0.2, 0.25) is 0 Å². The van der Waals surface area contributed by atoms with Crippen LogP contribution in [0.3, 0.4) is 0 Å². The van der Waals surface area contributed by atoms with Gasteiger partial charge in [0, 0.05) is 15.2 Å². The van der Waals surface area contributed by atoms with Crippen molar-refractivity contribution in [2.45, 2.75) is 0 Å². The molecule has 2 aromatic rings. The second-order valence-corrected chi connectivity index (χ2v) is 3.10. The van der Waals surface area contributed by atoms with E-state index in [1.165, 1.54) is 0 Å². The number of halogens is 1. The summed E-state index contributed by atoms with van der Waals surface area (Å²) in [6, 6.07) is 5.67. The van der Waals surface area contributed by atoms with Crippen molar-refractivity contribution < 1.29 is 1.37 Å². The maximum atomic E-state index is 7.45. The summed E-state index contributed by atoms with van der Waals surface area (Å²) >= 11 is 3.35. The smallest absolute Gasteiger partial charge is 0.0867 e. The molecule has 0 spiro atoms. The van der Waals surface area contributed by atoms with Crippen LogP contribution >= 0.6 is 15.9 Å². The summed E-state index contributed by atoms with van der Waals surface area (Å²) in [7, 11) is 0. The van der Waals surface area contributed by atoms with Crippen LogP contribution in [0.5, 0.6) is 0 Å². The molecule has 11 heavy (non-hydrogen) atoms. The van der Waals surface area contributed by atoms with Crippen molar-refractivity contribution in [1.29, 1.82) is 0 Å². The zero-order chi connectivity index (χ0) is 8.55. The van der Waals surface area contributed by atoms with Crippen LogP contribution in [0.25, 0.3) is 10.8 Å². The van der Waals surface area contributed by atoms with E-state index in [9.17, 15) is 0 Å². The highest BCUT2D eigenvalue weighted by Crippen LogP contribution is 2.17. The van der Waals surface area contributed by atoms with E-state index in [4.69, 9.17) is 1.37 Å². The van der Waals surface area contributed by atoms with E-state index in [-0.39, 0.29) is 6.17 Å². The highest BCUT2D eigenvalue weighted by atomic mass is 79.9. The summed E-state index contributed by atoms with van der Waals surface area (Å²) in [4.78, 5) is 0. The SMILES string of the molecule is [2H]c1nncc2cc(Br)ccc12. The van der Waals surface area contributed by atoms with E-state index in [0.29, 0.717) is 0 Å². The van der Waals surface area contributed by atoms with E-state index in [2.05, 4.69) is 26.1 Å². The van der Waals surface area contributed by atoms with Crippen LogP contribution in [0.1, 0.15) is 1.37 Å². The first-order chi connectivity index (χ1) is 5.77. The quantitative estimate of drug-likeness (QED) is 0.667. The van der Waals surface area contributed by atoms with E-state index in [0.717, 1.165) is 15.2 Å². The first kappa shape index (κ1) is 5.66. The zero-order valence-electron chi connectivity index (χ0n) is 6.58. The van der Waals surface area contributed by atoms with Gasteiger partial charge in [0.25, 0.3) is 0 Å². The summed E-state index contributed by atoms with van der Waals surface area (Å²) in [5, 5.41) is 9.10. The molecule has 0 saturated heterocycles. The van der Waals surface area contributed by atoms with Crippen molar-refractivity contribution in [3.05, 3.63) is 35.0 Å². The van der Waals surface area contributed by atoms with Crippen molar-refractivity contribution in [3.63, 3.8) is 0 Å². The molecule has 1 heterocycles. The Morgan fingerprint density at radius 3 is 3.09 bits per heavy atom. The van der Waals surface area contributed by atoms with Crippen LogP contribution in [-0.2, 0) is 0 Å². The third kappa shape index (κ3) is 1.24. The van der Waals surface area contributed by atoms with Crippen LogP contribution < -0.4 is 0 Å².